The van der Waals surface area contributed by atoms with Crippen molar-refractivity contribution < 1.29 is 10.0 Å². The van der Waals surface area contributed by atoms with E-state index in [0.717, 1.165) is 18.5 Å². The molecule has 1 aliphatic heterocycles. The molecule has 1 heterocycles. The number of hydrogen-bond acceptors (Lipinski definition) is 5. The first-order valence-electron chi connectivity index (χ1n) is 6.76. The predicted molar refractivity (Wildman–Crippen MR) is 76.5 cm³/mol. The van der Waals surface area contributed by atoms with Gasteiger partial charge in [-0.05, 0) is 26.1 Å². The topological polar surface area (TPSA) is 69.8 Å². The molecule has 1 aliphatic rings. The molecule has 0 radical (unpaired) electrons. The summed E-state index contributed by atoms with van der Waals surface area (Å²) < 4.78 is 0. The van der Waals surface area contributed by atoms with Gasteiger partial charge in [0, 0.05) is 37.8 Å². The van der Waals surface area contributed by atoms with E-state index in [1.807, 2.05) is 20.2 Å². The molecule has 6 heteroatoms. The first kappa shape index (κ1) is 14.9. The Morgan fingerprint density at radius 3 is 2.90 bits per heavy atom. The third-order valence-corrected chi connectivity index (χ3v) is 3.59. The molecular weight excluding hydrogens is 258 g/mol. The van der Waals surface area contributed by atoms with E-state index in [4.69, 9.17) is 0 Å². The van der Waals surface area contributed by atoms with Crippen molar-refractivity contribution in [2.24, 2.45) is 0 Å². The fraction of sp³-hybridized carbons (Fsp3) is 0.571. The van der Waals surface area contributed by atoms with E-state index in [0.29, 0.717) is 19.1 Å². The van der Waals surface area contributed by atoms with E-state index in [1.165, 1.54) is 6.07 Å². The van der Waals surface area contributed by atoms with Crippen molar-refractivity contribution in [1.82, 2.24) is 9.80 Å². The third kappa shape index (κ3) is 3.75. The smallest absolute Gasteiger partial charge is 0.269 e. The van der Waals surface area contributed by atoms with E-state index < -0.39 is 0 Å². The molecule has 0 aromatic heterocycles. The lowest BCUT2D eigenvalue weighted by molar-refractivity contribution is -0.384. The quantitative estimate of drug-likeness (QED) is 0.645. The normalized spacial score (nSPS) is 23.4. The highest BCUT2D eigenvalue weighted by Gasteiger charge is 2.31. The van der Waals surface area contributed by atoms with Gasteiger partial charge in [-0.2, -0.15) is 0 Å². The number of non-ortho nitro benzene ring substituents is 1. The molecule has 2 unspecified atom stereocenters. The molecule has 1 saturated heterocycles. The van der Waals surface area contributed by atoms with Crippen LogP contribution < -0.4 is 0 Å². The lowest BCUT2D eigenvalue weighted by Crippen LogP contribution is -2.37. The van der Waals surface area contributed by atoms with Crippen molar-refractivity contribution in [1.29, 1.82) is 0 Å². The van der Waals surface area contributed by atoms with E-state index in [1.54, 1.807) is 12.1 Å². The van der Waals surface area contributed by atoms with Gasteiger partial charge in [0.25, 0.3) is 5.69 Å². The minimum Gasteiger partial charge on any atom is -0.392 e. The average molecular weight is 279 g/mol. The summed E-state index contributed by atoms with van der Waals surface area (Å²) in [5, 5.41) is 20.6. The summed E-state index contributed by atoms with van der Waals surface area (Å²) in [7, 11) is 4.02. The van der Waals surface area contributed by atoms with Crippen LogP contribution in [0.25, 0.3) is 0 Å². The summed E-state index contributed by atoms with van der Waals surface area (Å²) >= 11 is 0. The van der Waals surface area contributed by atoms with Crippen LogP contribution in [0.3, 0.4) is 0 Å². The maximum Gasteiger partial charge on any atom is 0.269 e. The molecule has 0 amide bonds. The molecule has 2 atom stereocenters. The number of rotatable bonds is 5. The second kappa shape index (κ2) is 6.30. The highest BCUT2D eigenvalue weighted by molar-refractivity contribution is 5.34. The minimum absolute atomic E-state index is 0.117. The highest BCUT2D eigenvalue weighted by atomic mass is 16.6. The summed E-state index contributed by atoms with van der Waals surface area (Å²) in [6, 6.07) is 7.00. The van der Waals surface area contributed by atoms with Crippen LogP contribution in [0.1, 0.15) is 12.0 Å². The number of aliphatic hydroxyl groups excluding tert-OH is 1. The van der Waals surface area contributed by atoms with E-state index >= 15 is 0 Å². The van der Waals surface area contributed by atoms with Crippen molar-refractivity contribution in [3.63, 3.8) is 0 Å². The van der Waals surface area contributed by atoms with Gasteiger partial charge >= 0.3 is 0 Å². The van der Waals surface area contributed by atoms with Gasteiger partial charge in [-0.3, -0.25) is 15.0 Å². The molecule has 1 aromatic rings. The van der Waals surface area contributed by atoms with Gasteiger partial charge in [0.05, 0.1) is 11.0 Å². The Morgan fingerprint density at radius 1 is 1.50 bits per heavy atom. The molecule has 20 heavy (non-hydrogen) atoms. The molecule has 0 bridgehead atoms. The molecule has 1 aromatic carbocycles. The number of nitro groups is 1. The Kier molecular flexibility index (Phi) is 4.69. The lowest BCUT2D eigenvalue weighted by Gasteiger charge is -2.26. The lowest BCUT2D eigenvalue weighted by atomic mass is 10.1. The number of hydrogen-bond donors (Lipinski definition) is 1. The van der Waals surface area contributed by atoms with Crippen molar-refractivity contribution >= 4 is 5.69 Å². The largest absolute Gasteiger partial charge is 0.392 e. The molecule has 1 fully saturated rings. The van der Waals surface area contributed by atoms with Gasteiger partial charge in [-0.1, -0.05) is 12.1 Å². The van der Waals surface area contributed by atoms with Gasteiger partial charge in [-0.25, -0.2) is 0 Å². The molecule has 6 nitrogen and oxygen atoms in total. The number of likely N-dealkylation sites (N-methyl/N-ethyl adjacent to an activating group) is 1. The highest BCUT2D eigenvalue weighted by Crippen LogP contribution is 2.22. The maximum absolute atomic E-state index is 10.8. The van der Waals surface area contributed by atoms with Crippen LogP contribution in [0.5, 0.6) is 0 Å². The standard InChI is InChI=1S/C14H21N3O3/c1-15(2)9-13-7-14(18)10-16(13)8-11-4-3-5-12(6-11)17(19)20/h3-6,13-14,18H,7-10H2,1-2H3. The SMILES string of the molecule is CN(C)CC1CC(O)CN1Cc1cccc([N+](=O)[O-])c1. The second-order valence-corrected chi connectivity index (χ2v) is 5.66. The van der Waals surface area contributed by atoms with Crippen molar-refractivity contribution in [2.45, 2.75) is 25.1 Å². The zero-order valence-electron chi connectivity index (χ0n) is 11.9. The number of likely N-dealkylation sites (tertiary alicyclic amines) is 1. The van der Waals surface area contributed by atoms with Gasteiger partial charge in [0.15, 0.2) is 0 Å². The van der Waals surface area contributed by atoms with Gasteiger partial charge in [0.1, 0.15) is 0 Å². The van der Waals surface area contributed by atoms with Crippen LogP contribution in [0.2, 0.25) is 0 Å². The molecular formula is C14H21N3O3. The molecule has 110 valence electrons. The number of nitro benzene ring substituents is 1. The zero-order valence-corrected chi connectivity index (χ0v) is 11.9. The summed E-state index contributed by atoms with van der Waals surface area (Å²) in [6.45, 7) is 2.14. The van der Waals surface area contributed by atoms with E-state index in [-0.39, 0.29) is 16.7 Å². The first-order valence-corrected chi connectivity index (χ1v) is 6.76. The summed E-state index contributed by atoms with van der Waals surface area (Å²) in [5.41, 5.74) is 1.03. The van der Waals surface area contributed by atoms with Crippen molar-refractivity contribution in [3.05, 3.63) is 39.9 Å². The van der Waals surface area contributed by atoms with Gasteiger partial charge in [-0.15, -0.1) is 0 Å². The average Bonchev–Trinajstić information content (AvgIpc) is 2.68. The summed E-state index contributed by atoms with van der Waals surface area (Å²) in [6.07, 6.45) is 0.450. The van der Waals surface area contributed by atoms with Crippen LogP contribution in [-0.4, -0.2) is 59.2 Å². The summed E-state index contributed by atoms with van der Waals surface area (Å²) in [5.74, 6) is 0. The van der Waals surface area contributed by atoms with Crippen LogP contribution in [-0.2, 0) is 6.54 Å². The van der Waals surface area contributed by atoms with Crippen LogP contribution in [0.15, 0.2) is 24.3 Å². The number of aliphatic hydroxyl groups is 1. The van der Waals surface area contributed by atoms with E-state index in [9.17, 15) is 15.2 Å². The molecule has 1 N–H and O–H groups in total. The van der Waals surface area contributed by atoms with Gasteiger partial charge < -0.3 is 10.0 Å². The number of nitrogens with zero attached hydrogens (tertiary/aromatic N) is 3. The number of benzene rings is 1. The fourth-order valence-electron chi connectivity index (χ4n) is 2.77. The Labute approximate surface area is 118 Å². The Morgan fingerprint density at radius 2 is 2.25 bits per heavy atom. The van der Waals surface area contributed by atoms with Crippen LogP contribution >= 0.6 is 0 Å². The molecule has 0 saturated carbocycles. The number of β-amino-alcohol motifs (C(OH)–C–C–N with tert-alkyl or cyclic N) is 1. The second-order valence-electron chi connectivity index (χ2n) is 5.66. The van der Waals surface area contributed by atoms with E-state index in [2.05, 4.69) is 9.80 Å². The van der Waals surface area contributed by atoms with Crippen LogP contribution in [0.4, 0.5) is 5.69 Å². The Bertz CT molecular complexity index is 478. The summed E-state index contributed by atoms with van der Waals surface area (Å²) in [4.78, 5) is 14.7. The predicted octanol–water partition coefficient (Wildman–Crippen LogP) is 1.09. The molecule has 0 spiro atoms. The monoisotopic (exact) mass is 279 g/mol. The van der Waals surface area contributed by atoms with Crippen molar-refractivity contribution in [3.8, 4) is 0 Å². The zero-order chi connectivity index (χ0) is 14.7. The minimum atomic E-state index is -0.375. The maximum atomic E-state index is 10.8. The van der Waals surface area contributed by atoms with Crippen LogP contribution in [0, 0.1) is 10.1 Å². The Hall–Kier alpha value is -1.50. The third-order valence-electron chi connectivity index (χ3n) is 3.59. The Balaban J connectivity index is 2.07. The van der Waals surface area contributed by atoms with Crippen molar-refractivity contribution in [2.75, 3.05) is 27.2 Å². The van der Waals surface area contributed by atoms with Gasteiger partial charge in [0.2, 0.25) is 0 Å². The molecule has 0 aliphatic carbocycles. The molecule has 2 rings (SSSR count). The fourth-order valence-corrected chi connectivity index (χ4v) is 2.77. The first-order chi connectivity index (χ1) is 9.45.